The van der Waals surface area contributed by atoms with Crippen LogP contribution in [0.3, 0.4) is 0 Å². The molecule has 2 amide bonds. The van der Waals surface area contributed by atoms with Gasteiger partial charge in [-0.1, -0.05) is 55.4 Å². The molecule has 0 saturated heterocycles. The third kappa shape index (κ3) is 6.95. The fourth-order valence-corrected chi connectivity index (χ4v) is 4.26. The van der Waals surface area contributed by atoms with E-state index in [1.807, 2.05) is 55.7 Å². The zero-order valence-electron chi connectivity index (χ0n) is 20.4. The summed E-state index contributed by atoms with van der Waals surface area (Å²) in [5, 5.41) is 15.2. The molecule has 3 rings (SSSR count). The first kappa shape index (κ1) is 26.0. The zero-order chi connectivity index (χ0) is 25.4. The van der Waals surface area contributed by atoms with E-state index in [1.54, 1.807) is 31.4 Å². The molecule has 0 aliphatic carbocycles. The van der Waals surface area contributed by atoms with Crippen LogP contribution in [-0.2, 0) is 11.3 Å². The van der Waals surface area contributed by atoms with Crippen molar-refractivity contribution in [1.29, 1.82) is 0 Å². The van der Waals surface area contributed by atoms with Gasteiger partial charge >= 0.3 is 0 Å². The highest BCUT2D eigenvalue weighted by molar-refractivity contribution is 7.99. The summed E-state index contributed by atoms with van der Waals surface area (Å²) < 4.78 is 7.08. The summed E-state index contributed by atoms with van der Waals surface area (Å²) in [6, 6.07) is 14.3. The standard InChI is InChI=1S/C26H31N5O3S/c1-6-13-31-24(23(17(2)3)28-25(33)19-10-7-9-18(4)14-19)29-30-26(31)35-16-22(32)27-20-11-8-12-21(15-20)34-5/h6-12,14-15,17,23H,1,13,16H2,2-5H3,(H,27,32)(H,28,33)/t23-/m1/s1. The Morgan fingerprint density at radius 2 is 1.94 bits per heavy atom. The lowest BCUT2D eigenvalue weighted by Gasteiger charge is -2.22. The molecule has 1 atom stereocenters. The average molecular weight is 494 g/mol. The topological polar surface area (TPSA) is 98.1 Å². The number of allylic oxidation sites excluding steroid dienone is 1. The second-order valence-corrected chi connectivity index (χ2v) is 9.32. The van der Waals surface area contributed by atoms with Gasteiger partial charge in [0.25, 0.3) is 5.91 Å². The average Bonchev–Trinajstić information content (AvgIpc) is 3.23. The molecule has 0 aliphatic rings. The van der Waals surface area contributed by atoms with Gasteiger partial charge in [0.1, 0.15) is 5.75 Å². The number of carbonyl (C=O) groups excluding carboxylic acids is 2. The molecule has 2 aromatic carbocycles. The number of methoxy groups -OCH3 is 1. The predicted octanol–water partition coefficient (Wildman–Crippen LogP) is 4.64. The number of nitrogens with one attached hydrogen (secondary N) is 2. The van der Waals surface area contributed by atoms with Crippen LogP contribution in [0.2, 0.25) is 0 Å². The fraction of sp³-hybridized carbons (Fsp3) is 0.308. The summed E-state index contributed by atoms with van der Waals surface area (Å²) in [6.45, 7) is 10.3. The number of carbonyl (C=O) groups is 2. The van der Waals surface area contributed by atoms with Crippen molar-refractivity contribution in [3.05, 3.63) is 78.1 Å². The molecule has 3 aromatic rings. The maximum Gasteiger partial charge on any atom is 0.251 e. The first-order chi connectivity index (χ1) is 16.8. The molecule has 35 heavy (non-hydrogen) atoms. The van der Waals surface area contributed by atoms with E-state index in [1.165, 1.54) is 11.8 Å². The molecular formula is C26H31N5O3S. The van der Waals surface area contributed by atoms with Crippen molar-refractivity contribution in [2.45, 2.75) is 38.5 Å². The summed E-state index contributed by atoms with van der Waals surface area (Å²) in [7, 11) is 1.58. The molecule has 1 heterocycles. The van der Waals surface area contributed by atoms with Gasteiger partial charge in [-0.2, -0.15) is 0 Å². The van der Waals surface area contributed by atoms with Gasteiger partial charge in [0, 0.05) is 23.9 Å². The normalized spacial score (nSPS) is 11.7. The Labute approximate surface area is 210 Å². The van der Waals surface area contributed by atoms with E-state index < -0.39 is 0 Å². The SMILES string of the molecule is C=CCn1c(SCC(=O)Nc2cccc(OC)c2)nnc1[C@H](NC(=O)c1cccc(C)c1)C(C)C. The Balaban J connectivity index is 1.74. The number of aromatic nitrogens is 3. The minimum absolute atomic E-state index is 0.0609. The number of anilines is 1. The first-order valence-corrected chi connectivity index (χ1v) is 12.3. The fourth-order valence-electron chi connectivity index (χ4n) is 3.51. The van der Waals surface area contributed by atoms with Crippen molar-refractivity contribution in [3.8, 4) is 5.75 Å². The van der Waals surface area contributed by atoms with E-state index in [2.05, 4.69) is 27.4 Å². The van der Waals surface area contributed by atoms with Crippen LogP contribution in [0.25, 0.3) is 0 Å². The highest BCUT2D eigenvalue weighted by Crippen LogP contribution is 2.26. The summed E-state index contributed by atoms with van der Waals surface area (Å²) in [6.07, 6.45) is 1.74. The molecule has 184 valence electrons. The minimum Gasteiger partial charge on any atom is -0.497 e. The Hall–Kier alpha value is -3.59. The zero-order valence-corrected chi connectivity index (χ0v) is 21.3. The molecule has 9 heteroatoms. The maximum atomic E-state index is 12.9. The number of thioether (sulfide) groups is 1. The third-order valence-corrected chi connectivity index (χ3v) is 6.22. The van der Waals surface area contributed by atoms with Crippen LogP contribution in [0.4, 0.5) is 5.69 Å². The maximum absolute atomic E-state index is 12.9. The van der Waals surface area contributed by atoms with Gasteiger partial charge < -0.3 is 19.9 Å². The van der Waals surface area contributed by atoms with Crippen LogP contribution < -0.4 is 15.4 Å². The highest BCUT2D eigenvalue weighted by Gasteiger charge is 2.26. The first-order valence-electron chi connectivity index (χ1n) is 11.3. The molecule has 1 aromatic heterocycles. The molecule has 0 saturated carbocycles. The van der Waals surface area contributed by atoms with Crippen LogP contribution in [0.1, 0.15) is 41.6 Å². The summed E-state index contributed by atoms with van der Waals surface area (Å²) in [4.78, 5) is 25.5. The third-order valence-electron chi connectivity index (χ3n) is 5.25. The number of amides is 2. The largest absolute Gasteiger partial charge is 0.497 e. The highest BCUT2D eigenvalue weighted by atomic mass is 32.2. The number of rotatable bonds is 11. The number of ether oxygens (including phenoxy) is 1. The molecule has 0 bridgehead atoms. The van der Waals surface area contributed by atoms with Crippen molar-refractivity contribution < 1.29 is 14.3 Å². The van der Waals surface area contributed by atoms with Crippen molar-refractivity contribution >= 4 is 29.3 Å². The van der Waals surface area contributed by atoms with Crippen LogP contribution in [0, 0.1) is 12.8 Å². The van der Waals surface area contributed by atoms with Crippen LogP contribution in [0.5, 0.6) is 5.75 Å². The smallest absolute Gasteiger partial charge is 0.251 e. The second-order valence-electron chi connectivity index (χ2n) is 8.37. The number of nitrogens with zero attached hydrogens (tertiary/aromatic N) is 3. The van der Waals surface area contributed by atoms with Crippen LogP contribution in [0.15, 0.2) is 66.3 Å². The van der Waals surface area contributed by atoms with Gasteiger partial charge in [-0.15, -0.1) is 16.8 Å². The van der Waals surface area contributed by atoms with E-state index in [9.17, 15) is 9.59 Å². The van der Waals surface area contributed by atoms with Gasteiger partial charge in [0.2, 0.25) is 5.91 Å². The Kier molecular flexibility index (Phi) is 9.08. The van der Waals surface area contributed by atoms with E-state index in [0.29, 0.717) is 34.5 Å². The van der Waals surface area contributed by atoms with Crippen molar-refractivity contribution in [3.63, 3.8) is 0 Å². The molecule has 0 fully saturated rings. The predicted molar refractivity (Wildman–Crippen MR) is 139 cm³/mol. The van der Waals surface area contributed by atoms with E-state index >= 15 is 0 Å². The molecule has 0 spiro atoms. The lowest BCUT2D eigenvalue weighted by molar-refractivity contribution is -0.113. The molecule has 0 radical (unpaired) electrons. The van der Waals surface area contributed by atoms with Crippen molar-refractivity contribution in [1.82, 2.24) is 20.1 Å². The van der Waals surface area contributed by atoms with Gasteiger partial charge in [-0.3, -0.25) is 9.59 Å². The van der Waals surface area contributed by atoms with Gasteiger partial charge in [-0.05, 0) is 37.1 Å². The second kappa shape index (κ2) is 12.2. The van der Waals surface area contributed by atoms with Gasteiger partial charge in [0.15, 0.2) is 11.0 Å². The lowest BCUT2D eigenvalue weighted by atomic mass is 10.0. The van der Waals surface area contributed by atoms with E-state index in [0.717, 1.165) is 5.56 Å². The Bertz CT molecular complexity index is 1190. The monoisotopic (exact) mass is 493 g/mol. The summed E-state index contributed by atoms with van der Waals surface area (Å²) in [5.41, 5.74) is 2.26. The number of aryl methyl sites for hydroxylation is 1. The molecule has 0 unspecified atom stereocenters. The molecular weight excluding hydrogens is 462 g/mol. The van der Waals surface area contributed by atoms with Crippen LogP contribution in [-0.4, -0.2) is 39.4 Å². The molecule has 2 N–H and O–H groups in total. The van der Waals surface area contributed by atoms with E-state index in [-0.39, 0.29) is 29.5 Å². The van der Waals surface area contributed by atoms with Gasteiger partial charge in [-0.25, -0.2) is 0 Å². The Morgan fingerprint density at radius 3 is 2.63 bits per heavy atom. The van der Waals surface area contributed by atoms with E-state index in [4.69, 9.17) is 4.74 Å². The number of hydrogen-bond donors (Lipinski definition) is 2. The van der Waals surface area contributed by atoms with Crippen LogP contribution >= 0.6 is 11.8 Å². The van der Waals surface area contributed by atoms with Crippen molar-refractivity contribution in [2.75, 3.05) is 18.2 Å². The number of hydrogen-bond acceptors (Lipinski definition) is 6. The van der Waals surface area contributed by atoms with Gasteiger partial charge in [0.05, 0.1) is 18.9 Å². The molecule has 8 nitrogen and oxygen atoms in total. The van der Waals surface area contributed by atoms with Crippen molar-refractivity contribution in [2.24, 2.45) is 5.92 Å². The number of benzene rings is 2. The summed E-state index contributed by atoms with van der Waals surface area (Å²) in [5.74, 6) is 1.15. The Morgan fingerprint density at radius 1 is 1.17 bits per heavy atom. The summed E-state index contributed by atoms with van der Waals surface area (Å²) >= 11 is 1.28. The molecule has 0 aliphatic heterocycles. The quantitative estimate of drug-likeness (QED) is 0.298. The minimum atomic E-state index is -0.365. The lowest BCUT2D eigenvalue weighted by Crippen LogP contribution is -2.34.